The Kier molecular flexibility index (Phi) is 5.66. The Hall–Kier alpha value is -3.22. The number of hydrogen-bond donors (Lipinski definition) is 2. The van der Waals surface area contributed by atoms with Crippen molar-refractivity contribution in [1.29, 1.82) is 0 Å². The quantitative estimate of drug-likeness (QED) is 0.291. The summed E-state index contributed by atoms with van der Waals surface area (Å²) in [7, 11) is 0. The van der Waals surface area contributed by atoms with Gasteiger partial charge in [-0.1, -0.05) is 55.5 Å². The number of aromatic nitrogens is 1. The molecule has 6 rings (SSSR count). The maximum atomic E-state index is 15.0. The van der Waals surface area contributed by atoms with E-state index < -0.39 is 23.4 Å². The number of fused-ring (bicyclic) bond motifs is 1. The molecule has 6 heteroatoms. The Balaban J connectivity index is 1.47. The fourth-order valence-electron chi connectivity index (χ4n) is 6.10. The normalized spacial score (nSPS) is 23.4. The van der Waals surface area contributed by atoms with Gasteiger partial charge in [0.15, 0.2) is 0 Å². The minimum atomic E-state index is -2.67. The Bertz CT molecular complexity index is 1490. The number of nitrogens with zero attached hydrogens (tertiary/aromatic N) is 1. The molecule has 0 radical (unpaired) electrons. The molecular formula is C31H29F3N2O. The maximum absolute atomic E-state index is 15.0. The second-order valence-corrected chi connectivity index (χ2v) is 10.7. The number of aryl methyl sites for hydroxylation is 1. The van der Waals surface area contributed by atoms with Crippen LogP contribution < -0.4 is 5.73 Å². The molecule has 2 aliphatic rings. The molecule has 0 saturated heterocycles. The largest absolute Gasteiger partial charge is 0.389 e. The second-order valence-electron chi connectivity index (χ2n) is 10.7. The van der Waals surface area contributed by atoms with Gasteiger partial charge in [-0.15, -0.1) is 0 Å². The van der Waals surface area contributed by atoms with Gasteiger partial charge in [-0.25, -0.2) is 18.2 Å². The van der Waals surface area contributed by atoms with Gasteiger partial charge in [-0.3, -0.25) is 0 Å². The predicted octanol–water partition coefficient (Wildman–Crippen LogP) is 7.30. The monoisotopic (exact) mass is 502 g/mol. The Labute approximate surface area is 214 Å². The minimum Gasteiger partial charge on any atom is -0.389 e. The highest BCUT2D eigenvalue weighted by Crippen LogP contribution is 2.57. The van der Waals surface area contributed by atoms with Crippen molar-refractivity contribution in [3.05, 3.63) is 89.2 Å². The van der Waals surface area contributed by atoms with E-state index in [9.17, 15) is 18.3 Å². The number of rotatable bonds is 6. The van der Waals surface area contributed by atoms with E-state index in [1.807, 2.05) is 31.2 Å². The second kappa shape index (κ2) is 8.67. The van der Waals surface area contributed by atoms with Crippen LogP contribution in [0.2, 0.25) is 0 Å². The molecule has 3 aromatic carbocycles. The molecule has 0 bridgehead atoms. The molecule has 0 spiro atoms. The molecule has 0 atom stereocenters. The molecule has 190 valence electrons. The minimum absolute atomic E-state index is 0.0507. The van der Waals surface area contributed by atoms with E-state index in [1.165, 1.54) is 6.07 Å². The van der Waals surface area contributed by atoms with Gasteiger partial charge >= 0.3 is 0 Å². The van der Waals surface area contributed by atoms with Crippen molar-refractivity contribution in [3.63, 3.8) is 0 Å². The highest BCUT2D eigenvalue weighted by Gasteiger charge is 2.58. The molecule has 0 unspecified atom stereocenters. The lowest BCUT2D eigenvalue weighted by molar-refractivity contribution is -0.106. The predicted molar refractivity (Wildman–Crippen MR) is 140 cm³/mol. The summed E-state index contributed by atoms with van der Waals surface area (Å²) in [5, 5.41) is 11.1. The summed E-state index contributed by atoms with van der Waals surface area (Å²) >= 11 is 0. The van der Waals surface area contributed by atoms with Crippen molar-refractivity contribution in [2.24, 2.45) is 11.7 Å². The fourth-order valence-corrected chi connectivity index (χ4v) is 6.10. The number of benzene rings is 3. The van der Waals surface area contributed by atoms with Crippen molar-refractivity contribution < 1.29 is 18.3 Å². The van der Waals surface area contributed by atoms with Crippen LogP contribution in [0, 0.1) is 11.7 Å². The maximum Gasteiger partial charge on any atom is 0.264 e. The Morgan fingerprint density at radius 1 is 1.00 bits per heavy atom. The summed E-state index contributed by atoms with van der Waals surface area (Å²) in [5.74, 6) is -0.0820. The standard InChI is InChI=1S/C31H29F3N2O/c1-2-18-9-14-26-24(27(18)29(33)34)15-23(22-5-3-4-6-25(22)32)28(36-26)19-7-10-20(11-8-19)30(35)16-31(37,17-30)21-12-13-21/h3-11,14-15,21,29,37H,2,12-13,16-17,35H2,1H3. The molecular weight excluding hydrogens is 473 g/mol. The van der Waals surface area contributed by atoms with Crippen LogP contribution in [0.5, 0.6) is 0 Å². The summed E-state index contributed by atoms with van der Waals surface area (Å²) in [6, 6.07) is 19.1. The van der Waals surface area contributed by atoms with Crippen LogP contribution in [-0.4, -0.2) is 15.7 Å². The van der Waals surface area contributed by atoms with Gasteiger partial charge in [-0.05, 0) is 67.3 Å². The van der Waals surface area contributed by atoms with Gasteiger partial charge < -0.3 is 10.8 Å². The van der Waals surface area contributed by atoms with E-state index >= 15 is 0 Å². The van der Waals surface area contributed by atoms with Gasteiger partial charge in [0.2, 0.25) is 0 Å². The van der Waals surface area contributed by atoms with Gasteiger partial charge in [0, 0.05) is 33.2 Å². The number of pyridine rings is 1. The van der Waals surface area contributed by atoms with E-state index in [4.69, 9.17) is 10.7 Å². The first-order chi connectivity index (χ1) is 17.7. The van der Waals surface area contributed by atoms with E-state index in [2.05, 4.69) is 0 Å². The molecule has 0 amide bonds. The molecule has 1 heterocycles. The zero-order chi connectivity index (χ0) is 25.9. The highest BCUT2D eigenvalue weighted by molar-refractivity contribution is 5.94. The van der Waals surface area contributed by atoms with E-state index in [0.29, 0.717) is 58.5 Å². The van der Waals surface area contributed by atoms with E-state index in [1.54, 1.807) is 36.4 Å². The summed E-state index contributed by atoms with van der Waals surface area (Å²) < 4.78 is 43.3. The first-order valence-corrected chi connectivity index (χ1v) is 12.8. The Morgan fingerprint density at radius 3 is 2.32 bits per heavy atom. The average molecular weight is 503 g/mol. The van der Waals surface area contributed by atoms with Crippen LogP contribution in [0.25, 0.3) is 33.3 Å². The van der Waals surface area contributed by atoms with Gasteiger partial charge in [0.25, 0.3) is 6.43 Å². The highest BCUT2D eigenvalue weighted by atomic mass is 19.3. The van der Waals surface area contributed by atoms with Crippen LogP contribution in [-0.2, 0) is 12.0 Å². The van der Waals surface area contributed by atoms with Crippen molar-refractivity contribution in [2.75, 3.05) is 0 Å². The summed E-state index contributed by atoms with van der Waals surface area (Å²) in [6.07, 6.45) is 0.987. The lowest BCUT2D eigenvalue weighted by Crippen LogP contribution is -2.60. The van der Waals surface area contributed by atoms with Gasteiger partial charge in [0.05, 0.1) is 16.8 Å². The summed E-state index contributed by atoms with van der Waals surface area (Å²) in [5.41, 5.74) is 9.31. The zero-order valence-electron chi connectivity index (χ0n) is 20.6. The summed E-state index contributed by atoms with van der Waals surface area (Å²) in [6.45, 7) is 1.84. The summed E-state index contributed by atoms with van der Waals surface area (Å²) in [4.78, 5) is 4.79. The molecule has 2 fully saturated rings. The van der Waals surface area contributed by atoms with Crippen LogP contribution >= 0.6 is 0 Å². The van der Waals surface area contributed by atoms with Gasteiger partial charge in [-0.2, -0.15) is 0 Å². The lowest BCUT2D eigenvalue weighted by atomic mass is 9.60. The molecule has 2 aliphatic carbocycles. The number of nitrogens with two attached hydrogens (primary N) is 1. The molecule has 1 aromatic heterocycles. The van der Waals surface area contributed by atoms with Crippen molar-refractivity contribution in [1.82, 2.24) is 4.98 Å². The fraction of sp³-hybridized carbons (Fsp3) is 0.323. The Morgan fingerprint density at radius 2 is 1.70 bits per heavy atom. The molecule has 3 nitrogen and oxygen atoms in total. The van der Waals surface area contributed by atoms with Crippen LogP contribution in [0.3, 0.4) is 0 Å². The topological polar surface area (TPSA) is 59.1 Å². The van der Waals surface area contributed by atoms with Gasteiger partial charge in [0.1, 0.15) is 5.82 Å². The smallest absolute Gasteiger partial charge is 0.264 e. The first kappa shape index (κ1) is 24.1. The average Bonchev–Trinajstić information content (AvgIpc) is 3.73. The third-order valence-electron chi connectivity index (χ3n) is 8.21. The first-order valence-electron chi connectivity index (χ1n) is 12.8. The third kappa shape index (κ3) is 4.03. The molecule has 3 N–H and O–H groups in total. The van der Waals surface area contributed by atoms with Crippen molar-refractivity contribution in [2.45, 2.75) is 56.6 Å². The van der Waals surface area contributed by atoms with Crippen LogP contribution in [0.15, 0.2) is 66.7 Å². The van der Waals surface area contributed by atoms with E-state index in [0.717, 1.165) is 24.0 Å². The van der Waals surface area contributed by atoms with E-state index in [-0.39, 0.29) is 5.56 Å². The third-order valence-corrected chi connectivity index (χ3v) is 8.21. The number of alkyl halides is 2. The number of halogens is 3. The number of aliphatic hydroxyl groups is 1. The van der Waals surface area contributed by atoms with Crippen LogP contribution in [0.4, 0.5) is 13.2 Å². The molecule has 2 saturated carbocycles. The molecule has 37 heavy (non-hydrogen) atoms. The van der Waals surface area contributed by atoms with Crippen LogP contribution in [0.1, 0.15) is 55.7 Å². The zero-order valence-corrected chi connectivity index (χ0v) is 20.6. The number of hydrogen-bond acceptors (Lipinski definition) is 3. The molecule has 4 aromatic rings. The molecule has 0 aliphatic heterocycles. The van der Waals surface area contributed by atoms with Crippen molar-refractivity contribution >= 4 is 10.9 Å². The lowest BCUT2D eigenvalue weighted by Gasteiger charge is -2.52. The van der Waals surface area contributed by atoms with Crippen molar-refractivity contribution in [3.8, 4) is 22.4 Å². The SMILES string of the molecule is CCc1ccc2nc(-c3ccc(C4(N)CC(O)(C5CC5)C4)cc3)c(-c3ccccc3F)cc2c1C(F)F.